The fraction of sp³-hybridized carbons (Fsp3) is 0.0769. The first-order chi connectivity index (χ1) is 8.56. The minimum atomic E-state index is -0.720. The standard InChI is InChI=1S/C13H9Cl2F2N/c14-9-3-1-2-8(4-9)7-18-13-11(15)5-10(16)6-12(13)17/h1-6,18H,7H2. The van der Waals surface area contributed by atoms with Crippen LogP contribution in [0.5, 0.6) is 0 Å². The highest BCUT2D eigenvalue weighted by Gasteiger charge is 2.09. The third kappa shape index (κ3) is 3.12. The van der Waals surface area contributed by atoms with Gasteiger partial charge in [-0.1, -0.05) is 35.3 Å². The molecular formula is C13H9Cl2F2N. The van der Waals surface area contributed by atoms with Gasteiger partial charge in [0, 0.05) is 17.6 Å². The third-order valence-corrected chi connectivity index (χ3v) is 2.90. The maximum Gasteiger partial charge on any atom is 0.150 e. The monoisotopic (exact) mass is 287 g/mol. The Labute approximate surface area is 113 Å². The second-order valence-corrected chi connectivity index (χ2v) is 4.57. The Hall–Kier alpha value is -1.32. The van der Waals surface area contributed by atoms with Gasteiger partial charge in [0.05, 0.1) is 10.7 Å². The molecule has 0 unspecified atom stereocenters. The molecule has 1 nitrogen and oxygen atoms in total. The van der Waals surface area contributed by atoms with Crippen molar-refractivity contribution in [3.05, 3.63) is 63.6 Å². The van der Waals surface area contributed by atoms with Crippen LogP contribution in [0.2, 0.25) is 10.0 Å². The highest BCUT2D eigenvalue weighted by molar-refractivity contribution is 6.33. The van der Waals surface area contributed by atoms with Gasteiger partial charge in [-0.05, 0) is 23.8 Å². The zero-order valence-electron chi connectivity index (χ0n) is 9.18. The van der Waals surface area contributed by atoms with Crippen LogP contribution in [-0.4, -0.2) is 0 Å². The van der Waals surface area contributed by atoms with Crippen LogP contribution in [0.4, 0.5) is 14.5 Å². The van der Waals surface area contributed by atoms with E-state index in [-0.39, 0.29) is 10.7 Å². The number of hydrogen-bond donors (Lipinski definition) is 1. The van der Waals surface area contributed by atoms with Crippen molar-refractivity contribution in [1.82, 2.24) is 0 Å². The molecule has 2 rings (SSSR count). The maximum atomic E-state index is 13.5. The van der Waals surface area contributed by atoms with Gasteiger partial charge in [-0.25, -0.2) is 8.78 Å². The number of hydrogen-bond acceptors (Lipinski definition) is 1. The quantitative estimate of drug-likeness (QED) is 0.848. The molecule has 18 heavy (non-hydrogen) atoms. The largest absolute Gasteiger partial charge is 0.377 e. The molecule has 0 saturated heterocycles. The van der Waals surface area contributed by atoms with E-state index in [1.54, 1.807) is 18.2 Å². The van der Waals surface area contributed by atoms with Crippen LogP contribution in [0.1, 0.15) is 5.56 Å². The van der Waals surface area contributed by atoms with E-state index in [1.807, 2.05) is 6.07 Å². The summed E-state index contributed by atoms with van der Waals surface area (Å²) >= 11 is 11.6. The maximum absolute atomic E-state index is 13.5. The van der Waals surface area contributed by atoms with E-state index < -0.39 is 11.6 Å². The van der Waals surface area contributed by atoms with Gasteiger partial charge in [0.2, 0.25) is 0 Å². The zero-order chi connectivity index (χ0) is 13.1. The summed E-state index contributed by atoms with van der Waals surface area (Å²) in [5.41, 5.74) is 0.959. The van der Waals surface area contributed by atoms with Crippen molar-refractivity contribution in [2.75, 3.05) is 5.32 Å². The Morgan fingerprint density at radius 3 is 2.50 bits per heavy atom. The van der Waals surface area contributed by atoms with E-state index in [2.05, 4.69) is 5.32 Å². The van der Waals surface area contributed by atoms with Crippen LogP contribution in [0.3, 0.4) is 0 Å². The van der Waals surface area contributed by atoms with E-state index in [0.717, 1.165) is 17.7 Å². The summed E-state index contributed by atoms with van der Waals surface area (Å²) in [4.78, 5) is 0. The lowest BCUT2D eigenvalue weighted by molar-refractivity contribution is 0.585. The van der Waals surface area contributed by atoms with E-state index in [9.17, 15) is 8.78 Å². The minimum Gasteiger partial charge on any atom is -0.377 e. The first-order valence-electron chi connectivity index (χ1n) is 5.19. The van der Waals surface area contributed by atoms with Gasteiger partial charge in [-0.3, -0.25) is 0 Å². The fourth-order valence-corrected chi connectivity index (χ4v) is 2.02. The zero-order valence-corrected chi connectivity index (χ0v) is 10.7. The van der Waals surface area contributed by atoms with Crippen LogP contribution in [0, 0.1) is 11.6 Å². The molecule has 0 aromatic heterocycles. The lowest BCUT2D eigenvalue weighted by atomic mass is 10.2. The second kappa shape index (κ2) is 5.55. The predicted molar refractivity (Wildman–Crippen MR) is 70.1 cm³/mol. The third-order valence-electron chi connectivity index (χ3n) is 2.37. The molecule has 1 N–H and O–H groups in total. The van der Waals surface area contributed by atoms with Crippen LogP contribution >= 0.6 is 23.2 Å². The van der Waals surface area contributed by atoms with Gasteiger partial charge in [-0.2, -0.15) is 0 Å². The van der Waals surface area contributed by atoms with Gasteiger partial charge in [0.25, 0.3) is 0 Å². The summed E-state index contributed by atoms with van der Waals surface area (Å²) in [6.45, 7) is 0.350. The Balaban J connectivity index is 2.16. The van der Waals surface area contributed by atoms with Gasteiger partial charge < -0.3 is 5.32 Å². The smallest absolute Gasteiger partial charge is 0.150 e. The fourth-order valence-electron chi connectivity index (χ4n) is 1.55. The van der Waals surface area contributed by atoms with E-state index in [1.165, 1.54) is 0 Å². The molecule has 94 valence electrons. The minimum absolute atomic E-state index is 0.00882. The van der Waals surface area contributed by atoms with Crippen molar-refractivity contribution >= 4 is 28.9 Å². The SMILES string of the molecule is Fc1cc(F)c(NCc2cccc(Cl)c2)c(Cl)c1. The summed E-state index contributed by atoms with van der Waals surface area (Å²) < 4.78 is 26.3. The number of anilines is 1. The van der Waals surface area contributed by atoms with Crippen molar-refractivity contribution in [3.8, 4) is 0 Å². The lowest BCUT2D eigenvalue weighted by Crippen LogP contribution is -2.02. The average Bonchev–Trinajstić information content (AvgIpc) is 2.27. The van der Waals surface area contributed by atoms with E-state index >= 15 is 0 Å². The molecule has 0 amide bonds. The second-order valence-electron chi connectivity index (χ2n) is 3.73. The Morgan fingerprint density at radius 1 is 1.06 bits per heavy atom. The molecule has 0 radical (unpaired) electrons. The summed E-state index contributed by atoms with van der Waals surface area (Å²) in [7, 11) is 0. The molecule has 0 spiro atoms. The molecule has 0 aliphatic rings. The summed E-state index contributed by atoms with van der Waals surface area (Å²) in [6, 6.07) is 8.98. The average molecular weight is 288 g/mol. The van der Waals surface area contributed by atoms with Crippen molar-refractivity contribution in [2.24, 2.45) is 0 Å². The lowest BCUT2D eigenvalue weighted by Gasteiger charge is -2.10. The summed E-state index contributed by atoms with van der Waals surface area (Å²) in [5.74, 6) is -1.42. The number of nitrogens with one attached hydrogen (secondary N) is 1. The molecule has 0 atom stereocenters. The van der Waals surface area contributed by atoms with Gasteiger partial charge in [0.15, 0.2) is 5.82 Å². The van der Waals surface area contributed by atoms with Crippen molar-refractivity contribution < 1.29 is 8.78 Å². The first-order valence-corrected chi connectivity index (χ1v) is 5.95. The molecule has 0 saturated carbocycles. The Bertz CT molecular complexity index is 550. The molecule has 2 aromatic carbocycles. The van der Waals surface area contributed by atoms with E-state index in [4.69, 9.17) is 23.2 Å². The molecular weight excluding hydrogens is 279 g/mol. The predicted octanol–water partition coefficient (Wildman–Crippen LogP) is 4.88. The number of rotatable bonds is 3. The molecule has 0 fully saturated rings. The van der Waals surface area contributed by atoms with E-state index in [0.29, 0.717) is 11.6 Å². The van der Waals surface area contributed by atoms with Crippen molar-refractivity contribution in [3.63, 3.8) is 0 Å². The molecule has 5 heteroatoms. The van der Waals surface area contributed by atoms with Gasteiger partial charge in [0.1, 0.15) is 5.82 Å². The Kier molecular flexibility index (Phi) is 4.04. The molecule has 0 bridgehead atoms. The molecule has 2 aromatic rings. The molecule has 0 heterocycles. The summed E-state index contributed by atoms with van der Waals surface area (Å²) in [5, 5.41) is 3.43. The molecule has 0 aliphatic carbocycles. The van der Waals surface area contributed by atoms with Gasteiger partial charge in [-0.15, -0.1) is 0 Å². The van der Waals surface area contributed by atoms with Crippen LogP contribution in [-0.2, 0) is 6.54 Å². The van der Waals surface area contributed by atoms with Crippen LogP contribution in [0.15, 0.2) is 36.4 Å². The number of benzene rings is 2. The normalized spacial score (nSPS) is 10.4. The van der Waals surface area contributed by atoms with Crippen molar-refractivity contribution in [2.45, 2.75) is 6.54 Å². The van der Waals surface area contributed by atoms with Crippen molar-refractivity contribution in [1.29, 1.82) is 0 Å². The first kappa shape index (κ1) is 13.1. The van der Waals surface area contributed by atoms with Crippen LogP contribution < -0.4 is 5.32 Å². The highest BCUT2D eigenvalue weighted by atomic mass is 35.5. The topological polar surface area (TPSA) is 12.0 Å². The summed E-state index contributed by atoms with van der Waals surface area (Å²) in [6.07, 6.45) is 0. The highest BCUT2D eigenvalue weighted by Crippen LogP contribution is 2.27. The number of halogens is 4. The molecule has 0 aliphatic heterocycles. The van der Waals surface area contributed by atoms with Crippen LogP contribution in [0.25, 0.3) is 0 Å². The Morgan fingerprint density at radius 2 is 1.83 bits per heavy atom. The van der Waals surface area contributed by atoms with Gasteiger partial charge >= 0.3 is 0 Å².